The standard InChI is InChI=1S/C23H45IO2/c1-2-3-4-5-15-18-21-25-23-26-22-19-16-13-11-9-7-6-8-10-12-14-17-20-24/h13,16H,2-12,14-15,17-23H2,1H3. The molecule has 0 amide bonds. The Morgan fingerprint density at radius 1 is 0.577 bits per heavy atom. The van der Waals surface area contributed by atoms with Crippen LogP contribution in [0.2, 0.25) is 0 Å². The minimum Gasteiger partial charge on any atom is -0.355 e. The van der Waals surface area contributed by atoms with Crippen LogP contribution in [0.4, 0.5) is 0 Å². The van der Waals surface area contributed by atoms with E-state index in [0.29, 0.717) is 6.79 Å². The van der Waals surface area contributed by atoms with Gasteiger partial charge in [-0.25, -0.2) is 0 Å². The van der Waals surface area contributed by atoms with Crippen LogP contribution >= 0.6 is 22.6 Å². The lowest BCUT2D eigenvalue weighted by atomic mass is 10.1. The predicted octanol–water partition coefficient (Wildman–Crippen LogP) is 8.23. The van der Waals surface area contributed by atoms with Crippen molar-refractivity contribution in [3.63, 3.8) is 0 Å². The van der Waals surface area contributed by atoms with Crippen LogP contribution in [0.15, 0.2) is 12.2 Å². The lowest BCUT2D eigenvalue weighted by Crippen LogP contribution is -2.02. The molecule has 0 unspecified atom stereocenters. The van der Waals surface area contributed by atoms with E-state index >= 15 is 0 Å². The third kappa shape index (κ3) is 24.4. The molecule has 0 N–H and O–H groups in total. The van der Waals surface area contributed by atoms with Crippen molar-refractivity contribution in [3.05, 3.63) is 12.2 Å². The summed E-state index contributed by atoms with van der Waals surface area (Å²) in [6.45, 7) is 4.35. The van der Waals surface area contributed by atoms with Crippen LogP contribution in [0.5, 0.6) is 0 Å². The average molecular weight is 481 g/mol. The third-order valence-electron chi connectivity index (χ3n) is 4.66. The molecular weight excluding hydrogens is 435 g/mol. The summed E-state index contributed by atoms with van der Waals surface area (Å²) >= 11 is 2.48. The first-order valence-electron chi connectivity index (χ1n) is 11.3. The zero-order valence-electron chi connectivity index (χ0n) is 17.5. The lowest BCUT2D eigenvalue weighted by molar-refractivity contribution is -0.0531. The first-order valence-corrected chi connectivity index (χ1v) is 12.8. The fourth-order valence-electron chi connectivity index (χ4n) is 2.97. The van der Waals surface area contributed by atoms with Gasteiger partial charge in [0.25, 0.3) is 0 Å². The highest BCUT2D eigenvalue weighted by molar-refractivity contribution is 14.1. The van der Waals surface area contributed by atoms with Gasteiger partial charge < -0.3 is 9.47 Å². The maximum atomic E-state index is 5.51. The molecule has 0 aliphatic carbocycles. The van der Waals surface area contributed by atoms with Gasteiger partial charge in [0.15, 0.2) is 0 Å². The molecule has 0 saturated heterocycles. The molecule has 0 fully saturated rings. The number of ether oxygens (including phenoxy) is 2. The number of unbranched alkanes of at least 4 members (excludes halogenated alkanes) is 13. The summed E-state index contributed by atoms with van der Waals surface area (Å²) in [7, 11) is 0. The minimum atomic E-state index is 0.459. The maximum Gasteiger partial charge on any atom is 0.146 e. The smallest absolute Gasteiger partial charge is 0.146 e. The Hall–Kier alpha value is 0.390. The number of hydrogen-bond acceptors (Lipinski definition) is 2. The molecule has 0 radical (unpaired) electrons. The van der Waals surface area contributed by atoms with Crippen molar-refractivity contribution in [2.75, 3.05) is 24.4 Å². The second kappa shape index (κ2) is 25.4. The summed E-state index contributed by atoms with van der Waals surface area (Å²) in [5.74, 6) is 0. The Morgan fingerprint density at radius 2 is 1.12 bits per heavy atom. The van der Waals surface area contributed by atoms with Gasteiger partial charge in [-0.2, -0.15) is 0 Å². The van der Waals surface area contributed by atoms with Crippen LogP contribution in [0, 0.1) is 0 Å². The Kier molecular flexibility index (Phi) is 25.8. The van der Waals surface area contributed by atoms with E-state index in [1.165, 1.54) is 101 Å². The molecule has 0 spiro atoms. The van der Waals surface area contributed by atoms with E-state index in [0.717, 1.165) is 19.6 Å². The van der Waals surface area contributed by atoms with Gasteiger partial charge in [0.05, 0.1) is 6.61 Å². The van der Waals surface area contributed by atoms with Gasteiger partial charge >= 0.3 is 0 Å². The van der Waals surface area contributed by atoms with Gasteiger partial charge in [0, 0.05) is 6.61 Å². The van der Waals surface area contributed by atoms with Gasteiger partial charge in [-0.05, 0) is 36.5 Å². The summed E-state index contributed by atoms with van der Waals surface area (Å²) in [5.41, 5.74) is 0. The Morgan fingerprint density at radius 3 is 1.81 bits per heavy atom. The highest BCUT2D eigenvalue weighted by Crippen LogP contribution is 2.10. The minimum absolute atomic E-state index is 0.459. The molecule has 3 heteroatoms. The molecule has 0 rings (SSSR count). The number of alkyl halides is 1. The van der Waals surface area contributed by atoms with Crippen molar-refractivity contribution in [2.45, 2.75) is 110 Å². The number of allylic oxidation sites excluding steroid dienone is 1. The summed E-state index contributed by atoms with van der Waals surface area (Å²) in [4.78, 5) is 0. The molecule has 0 saturated carbocycles. The highest BCUT2D eigenvalue weighted by Gasteiger charge is 1.93. The molecule has 156 valence electrons. The van der Waals surface area contributed by atoms with E-state index in [1.807, 2.05) is 0 Å². The lowest BCUT2D eigenvalue weighted by Gasteiger charge is -2.04. The quantitative estimate of drug-likeness (QED) is 0.0511. The monoisotopic (exact) mass is 480 g/mol. The van der Waals surface area contributed by atoms with Crippen molar-refractivity contribution in [3.8, 4) is 0 Å². The molecule has 0 aliphatic heterocycles. The zero-order valence-corrected chi connectivity index (χ0v) is 19.6. The van der Waals surface area contributed by atoms with Crippen LogP contribution in [-0.4, -0.2) is 24.4 Å². The number of rotatable bonds is 22. The molecule has 2 nitrogen and oxygen atoms in total. The second-order valence-corrected chi connectivity index (χ2v) is 8.35. The van der Waals surface area contributed by atoms with Crippen molar-refractivity contribution in [2.24, 2.45) is 0 Å². The molecule has 0 aromatic carbocycles. The third-order valence-corrected chi connectivity index (χ3v) is 5.42. The fraction of sp³-hybridized carbons (Fsp3) is 0.913. The van der Waals surface area contributed by atoms with Crippen molar-refractivity contribution >= 4 is 22.6 Å². The van der Waals surface area contributed by atoms with E-state index in [2.05, 4.69) is 41.7 Å². The van der Waals surface area contributed by atoms with Crippen LogP contribution in [0.1, 0.15) is 110 Å². The molecule has 0 atom stereocenters. The number of hydrogen-bond donors (Lipinski definition) is 0. The van der Waals surface area contributed by atoms with E-state index in [9.17, 15) is 0 Å². The van der Waals surface area contributed by atoms with E-state index < -0.39 is 0 Å². The van der Waals surface area contributed by atoms with Gasteiger partial charge in [-0.1, -0.05) is 112 Å². The van der Waals surface area contributed by atoms with Crippen molar-refractivity contribution in [1.82, 2.24) is 0 Å². The molecule has 26 heavy (non-hydrogen) atoms. The largest absolute Gasteiger partial charge is 0.355 e. The highest BCUT2D eigenvalue weighted by atomic mass is 127. The molecule has 0 aromatic rings. The molecule has 0 heterocycles. The summed E-state index contributed by atoms with van der Waals surface area (Å²) < 4.78 is 12.3. The summed E-state index contributed by atoms with van der Waals surface area (Å²) in [6.07, 6.45) is 26.0. The number of halogens is 1. The molecular formula is C23H45IO2. The van der Waals surface area contributed by atoms with Crippen molar-refractivity contribution in [1.29, 1.82) is 0 Å². The normalized spacial score (nSPS) is 11.6. The van der Waals surface area contributed by atoms with E-state index in [-0.39, 0.29) is 0 Å². The summed E-state index contributed by atoms with van der Waals surface area (Å²) in [6, 6.07) is 0. The first-order chi connectivity index (χ1) is 12.9. The van der Waals surface area contributed by atoms with E-state index in [4.69, 9.17) is 9.47 Å². The van der Waals surface area contributed by atoms with Gasteiger partial charge in [-0.3, -0.25) is 0 Å². The van der Waals surface area contributed by atoms with Gasteiger partial charge in [-0.15, -0.1) is 0 Å². The second-order valence-electron chi connectivity index (χ2n) is 7.27. The summed E-state index contributed by atoms with van der Waals surface area (Å²) in [5, 5.41) is 0. The fourth-order valence-corrected chi connectivity index (χ4v) is 3.51. The predicted molar refractivity (Wildman–Crippen MR) is 124 cm³/mol. The SMILES string of the molecule is CCCCCCCCOCOCCC=CCCCCCCCCCCI. The Labute approximate surface area is 178 Å². The van der Waals surface area contributed by atoms with E-state index in [1.54, 1.807) is 0 Å². The van der Waals surface area contributed by atoms with Gasteiger partial charge in [0.1, 0.15) is 6.79 Å². The topological polar surface area (TPSA) is 18.5 Å². The van der Waals surface area contributed by atoms with Crippen molar-refractivity contribution < 1.29 is 9.47 Å². The van der Waals surface area contributed by atoms with Gasteiger partial charge in [0.2, 0.25) is 0 Å². The van der Waals surface area contributed by atoms with Crippen LogP contribution in [0.3, 0.4) is 0 Å². The van der Waals surface area contributed by atoms with Crippen LogP contribution < -0.4 is 0 Å². The van der Waals surface area contributed by atoms with Crippen LogP contribution in [-0.2, 0) is 9.47 Å². The first kappa shape index (κ1) is 26.4. The molecule has 0 bridgehead atoms. The Balaban J connectivity index is 3.04. The maximum absolute atomic E-state index is 5.51. The molecule has 0 aliphatic rings. The van der Waals surface area contributed by atoms with Crippen LogP contribution in [0.25, 0.3) is 0 Å². The average Bonchev–Trinajstić information content (AvgIpc) is 2.66. The molecule has 0 aromatic heterocycles. The zero-order chi connectivity index (χ0) is 19.0. The Bertz CT molecular complexity index is 269.